The van der Waals surface area contributed by atoms with Crippen molar-refractivity contribution in [3.05, 3.63) is 94.3 Å². The number of unbranched alkanes of at least 4 members (excludes halogenated alkanes) is 3. The van der Waals surface area contributed by atoms with Crippen LogP contribution in [0.1, 0.15) is 90.3 Å². The molecule has 0 radical (unpaired) electrons. The predicted octanol–water partition coefficient (Wildman–Crippen LogP) is 8.09. The van der Waals surface area contributed by atoms with Crippen LogP contribution in [0.25, 0.3) is 11.0 Å². The van der Waals surface area contributed by atoms with E-state index in [2.05, 4.69) is 79.2 Å². The van der Waals surface area contributed by atoms with Crippen LogP contribution in [0.3, 0.4) is 0 Å². The van der Waals surface area contributed by atoms with Crippen molar-refractivity contribution in [1.82, 2.24) is 14.9 Å². The highest BCUT2D eigenvalue weighted by Crippen LogP contribution is 2.28. The Morgan fingerprint density at radius 2 is 1.68 bits per heavy atom. The molecule has 1 heterocycles. The van der Waals surface area contributed by atoms with Crippen LogP contribution in [0.15, 0.2) is 60.7 Å². The van der Waals surface area contributed by atoms with E-state index in [0.29, 0.717) is 12.5 Å². The third kappa shape index (κ3) is 7.74. The molecule has 0 spiro atoms. The normalized spacial score (nSPS) is 11.3. The molecule has 0 aliphatic carbocycles. The first-order chi connectivity index (χ1) is 19.3. The molecule has 0 aliphatic rings. The lowest BCUT2D eigenvalue weighted by Crippen LogP contribution is -2.25. The maximum atomic E-state index is 12.5. The highest BCUT2D eigenvalue weighted by Gasteiger charge is 2.12. The van der Waals surface area contributed by atoms with Crippen molar-refractivity contribution in [3.8, 4) is 5.75 Å². The molecule has 0 saturated carbocycles. The van der Waals surface area contributed by atoms with Crippen molar-refractivity contribution < 1.29 is 9.53 Å². The number of nitrogens with zero attached hydrogens (tertiary/aromatic N) is 2. The number of imidazole rings is 1. The van der Waals surface area contributed by atoms with Crippen LogP contribution in [0.4, 0.5) is 0 Å². The van der Waals surface area contributed by atoms with Gasteiger partial charge in [-0.15, -0.1) is 0 Å². The van der Waals surface area contributed by atoms with Crippen molar-refractivity contribution in [2.24, 2.45) is 0 Å². The van der Waals surface area contributed by atoms with Crippen LogP contribution in [0.2, 0.25) is 0 Å². The summed E-state index contributed by atoms with van der Waals surface area (Å²) in [5.41, 5.74) is 7.75. The van der Waals surface area contributed by atoms with Crippen LogP contribution in [-0.2, 0) is 13.0 Å². The second-order valence-electron chi connectivity index (χ2n) is 11.3. The summed E-state index contributed by atoms with van der Waals surface area (Å²) in [4.78, 5) is 17.5. The van der Waals surface area contributed by atoms with E-state index < -0.39 is 0 Å². The van der Waals surface area contributed by atoms with Gasteiger partial charge < -0.3 is 14.6 Å². The molecule has 5 heteroatoms. The van der Waals surface area contributed by atoms with E-state index in [1.807, 2.05) is 26.0 Å². The summed E-state index contributed by atoms with van der Waals surface area (Å²) < 4.78 is 8.61. The van der Waals surface area contributed by atoms with Gasteiger partial charge in [-0.25, -0.2) is 4.98 Å². The highest BCUT2D eigenvalue weighted by molar-refractivity contribution is 5.95. The zero-order valence-electron chi connectivity index (χ0n) is 24.9. The number of aromatic nitrogens is 2. The predicted molar refractivity (Wildman–Crippen MR) is 166 cm³/mol. The summed E-state index contributed by atoms with van der Waals surface area (Å²) in [5, 5.41) is 3.08. The van der Waals surface area contributed by atoms with Crippen LogP contribution in [0, 0.1) is 20.8 Å². The third-order valence-corrected chi connectivity index (χ3v) is 7.55. The van der Waals surface area contributed by atoms with Gasteiger partial charge in [-0.05, 0) is 93.3 Å². The number of fused-ring (bicyclic) bond motifs is 1. The lowest BCUT2D eigenvalue weighted by molar-refractivity contribution is 0.0952. The van der Waals surface area contributed by atoms with Crippen molar-refractivity contribution in [1.29, 1.82) is 0 Å². The molecule has 0 saturated heterocycles. The summed E-state index contributed by atoms with van der Waals surface area (Å²) in [5.74, 6) is 2.64. The maximum absolute atomic E-state index is 12.5. The van der Waals surface area contributed by atoms with Crippen LogP contribution in [-0.4, -0.2) is 28.6 Å². The Kier molecular flexibility index (Phi) is 10.4. The number of carbonyl (C=O) groups is 1. The van der Waals surface area contributed by atoms with Gasteiger partial charge in [0.15, 0.2) is 0 Å². The Balaban J connectivity index is 1.24. The molecule has 4 rings (SSSR count). The fourth-order valence-electron chi connectivity index (χ4n) is 5.31. The van der Waals surface area contributed by atoms with Gasteiger partial charge in [0, 0.05) is 25.1 Å². The largest absolute Gasteiger partial charge is 0.493 e. The van der Waals surface area contributed by atoms with E-state index in [1.165, 1.54) is 22.2 Å². The molecule has 1 N–H and O–H groups in total. The van der Waals surface area contributed by atoms with Crippen molar-refractivity contribution in [3.63, 3.8) is 0 Å². The Morgan fingerprint density at radius 3 is 2.48 bits per heavy atom. The fourth-order valence-corrected chi connectivity index (χ4v) is 5.31. The summed E-state index contributed by atoms with van der Waals surface area (Å²) in [7, 11) is 0. The first-order valence-corrected chi connectivity index (χ1v) is 14.9. The molecule has 1 amide bonds. The van der Waals surface area contributed by atoms with Gasteiger partial charge in [-0.3, -0.25) is 4.79 Å². The number of para-hydroxylation sites is 2. The summed E-state index contributed by atoms with van der Waals surface area (Å²) in [6.07, 6.45) is 6.05. The number of ether oxygens (including phenoxy) is 1. The van der Waals surface area contributed by atoms with Crippen LogP contribution < -0.4 is 10.1 Å². The molecule has 1 aromatic heterocycles. The Bertz CT molecular complexity index is 1420. The van der Waals surface area contributed by atoms with E-state index in [9.17, 15) is 4.79 Å². The fraction of sp³-hybridized carbons (Fsp3) is 0.429. The molecule has 5 nitrogen and oxygen atoms in total. The molecule has 0 atom stereocenters. The molecule has 4 aromatic rings. The molecule has 0 aliphatic heterocycles. The highest BCUT2D eigenvalue weighted by atomic mass is 16.5. The second kappa shape index (κ2) is 14.2. The van der Waals surface area contributed by atoms with Crippen molar-refractivity contribution in [2.45, 2.75) is 85.6 Å². The molecule has 212 valence electrons. The lowest BCUT2D eigenvalue weighted by atomic mass is 10.0. The van der Waals surface area contributed by atoms with Gasteiger partial charge in [0.05, 0.1) is 17.6 Å². The Hall–Kier alpha value is -3.60. The average molecular weight is 540 g/mol. The molecular formula is C35H45N3O2. The Labute approximate surface area is 240 Å². The zero-order chi connectivity index (χ0) is 28.5. The van der Waals surface area contributed by atoms with E-state index in [4.69, 9.17) is 9.72 Å². The van der Waals surface area contributed by atoms with Crippen molar-refractivity contribution in [2.75, 3.05) is 13.2 Å². The SMILES string of the molecule is Cc1ccc(C(=O)NCCCCCc2nc3ccccc3n2CCCCOc2cc(C)ccc2C(C)C)c(C)c1. The molecule has 3 aromatic carbocycles. The minimum absolute atomic E-state index is 0.0195. The molecule has 40 heavy (non-hydrogen) atoms. The standard InChI is InChI=1S/C35H45N3O2/c1-25(2)29-18-16-27(4)24-33(29)40-22-12-11-21-38-32-14-9-8-13-31(32)37-34(38)15-7-6-10-20-36-35(39)30-19-17-26(3)23-28(30)5/h8-9,13-14,16-19,23-25H,6-7,10-12,15,20-22H2,1-5H3,(H,36,39). The van der Waals surface area contributed by atoms with Gasteiger partial charge in [0.2, 0.25) is 0 Å². The number of rotatable bonds is 14. The van der Waals surface area contributed by atoms with Gasteiger partial charge >= 0.3 is 0 Å². The molecule has 0 bridgehead atoms. The van der Waals surface area contributed by atoms with Gasteiger partial charge in [-0.1, -0.05) is 62.2 Å². The van der Waals surface area contributed by atoms with E-state index in [1.54, 1.807) is 0 Å². The first kappa shape index (κ1) is 29.4. The monoisotopic (exact) mass is 539 g/mol. The smallest absolute Gasteiger partial charge is 0.251 e. The topological polar surface area (TPSA) is 56.2 Å². The molecule has 0 unspecified atom stereocenters. The number of amides is 1. The van der Waals surface area contributed by atoms with E-state index in [-0.39, 0.29) is 5.91 Å². The number of hydrogen-bond acceptors (Lipinski definition) is 3. The summed E-state index contributed by atoms with van der Waals surface area (Å²) >= 11 is 0. The first-order valence-electron chi connectivity index (χ1n) is 14.9. The summed E-state index contributed by atoms with van der Waals surface area (Å²) in [6, 6.07) is 20.9. The van der Waals surface area contributed by atoms with Crippen LogP contribution in [0.5, 0.6) is 5.75 Å². The summed E-state index contributed by atoms with van der Waals surface area (Å²) in [6.45, 7) is 12.9. The number of hydrogen-bond donors (Lipinski definition) is 1. The minimum atomic E-state index is 0.0195. The average Bonchev–Trinajstić information content (AvgIpc) is 3.27. The zero-order valence-corrected chi connectivity index (χ0v) is 24.9. The van der Waals surface area contributed by atoms with Gasteiger partial charge in [0.25, 0.3) is 5.91 Å². The maximum Gasteiger partial charge on any atom is 0.251 e. The van der Waals surface area contributed by atoms with Gasteiger partial charge in [-0.2, -0.15) is 0 Å². The third-order valence-electron chi connectivity index (χ3n) is 7.55. The van der Waals surface area contributed by atoms with Crippen LogP contribution >= 0.6 is 0 Å². The molecular weight excluding hydrogens is 494 g/mol. The minimum Gasteiger partial charge on any atom is -0.493 e. The Morgan fingerprint density at radius 1 is 0.900 bits per heavy atom. The van der Waals surface area contributed by atoms with E-state index >= 15 is 0 Å². The number of benzene rings is 3. The number of carbonyl (C=O) groups excluding carboxylic acids is 1. The second-order valence-corrected chi connectivity index (χ2v) is 11.3. The number of aryl methyl sites for hydroxylation is 5. The van der Waals surface area contributed by atoms with E-state index in [0.717, 1.165) is 79.9 Å². The lowest BCUT2D eigenvalue weighted by Gasteiger charge is -2.15. The quantitative estimate of drug-likeness (QED) is 0.165. The van der Waals surface area contributed by atoms with Gasteiger partial charge in [0.1, 0.15) is 11.6 Å². The number of nitrogens with one attached hydrogen (secondary N) is 1. The molecule has 0 fully saturated rings. The van der Waals surface area contributed by atoms with Crippen molar-refractivity contribution >= 4 is 16.9 Å².